The quantitative estimate of drug-likeness (QED) is 0.465. The van der Waals surface area contributed by atoms with Crippen LogP contribution in [-0.2, 0) is 0 Å². The van der Waals surface area contributed by atoms with E-state index in [-0.39, 0.29) is 0 Å². The van der Waals surface area contributed by atoms with Crippen molar-refractivity contribution in [1.82, 2.24) is 4.98 Å². The normalized spacial score (nSPS) is 11.2. The second-order valence-corrected chi connectivity index (χ2v) is 7.42. The zero-order chi connectivity index (χ0) is 19.9. The van der Waals surface area contributed by atoms with Crippen LogP contribution >= 0.6 is 11.8 Å². The summed E-state index contributed by atoms with van der Waals surface area (Å²) in [6, 6.07) is 21.0. The lowest BCUT2D eigenvalue weighted by Gasteiger charge is -2.06. The molecule has 3 rings (SSSR count). The smallest absolute Gasteiger partial charge is 0.115 e. The van der Waals surface area contributed by atoms with Gasteiger partial charge in [0.25, 0.3) is 0 Å². The van der Waals surface area contributed by atoms with Crippen LogP contribution in [0.15, 0.2) is 59.6 Å². The molecule has 0 radical (unpaired) electrons. The molecule has 0 aliphatic heterocycles. The van der Waals surface area contributed by atoms with E-state index in [9.17, 15) is 5.26 Å². The van der Waals surface area contributed by atoms with Gasteiger partial charge in [-0.15, -0.1) is 11.8 Å². The third kappa shape index (κ3) is 5.00. The van der Waals surface area contributed by atoms with Crippen LogP contribution in [0, 0.1) is 25.2 Å². The summed E-state index contributed by atoms with van der Waals surface area (Å²) in [5.74, 6) is 0. The van der Waals surface area contributed by atoms with Crippen molar-refractivity contribution in [3.05, 3.63) is 93.7 Å². The summed E-state index contributed by atoms with van der Waals surface area (Å²) in [4.78, 5) is 4.64. The molecule has 3 heteroatoms. The van der Waals surface area contributed by atoms with E-state index in [4.69, 9.17) is 0 Å². The molecule has 1 heterocycles. The molecule has 0 aliphatic carbocycles. The van der Waals surface area contributed by atoms with Crippen molar-refractivity contribution >= 4 is 36.1 Å². The van der Waals surface area contributed by atoms with Gasteiger partial charge < -0.3 is 0 Å². The van der Waals surface area contributed by atoms with Crippen molar-refractivity contribution in [3.8, 4) is 6.07 Å². The topological polar surface area (TPSA) is 36.7 Å². The molecule has 0 bridgehead atoms. The van der Waals surface area contributed by atoms with Crippen LogP contribution in [0.4, 0.5) is 0 Å². The first kappa shape index (κ1) is 19.7. The van der Waals surface area contributed by atoms with Crippen LogP contribution in [0.25, 0.3) is 24.3 Å². The number of aryl methyl sites for hydroxylation is 2. The lowest BCUT2D eigenvalue weighted by Crippen LogP contribution is -1.94. The van der Waals surface area contributed by atoms with E-state index in [1.165, 1.54) is 22.9 Å². The summed E-state index contributed by atoms with van der Waals surface area (Å²) < 4.78 is 0. The van der Waals surface area contributed by atoms with Gasteiger partial charge in [-0.2, -0.15) is 5.26 Å². The molecule has 0 amide bonds. The Morgan fingerprint density at radius 1 is 0.821 bits per heavy atom. The van der Waals surface area contributed by atoms with Crippen molar-refractivity contribution in [1.29, 1.82) is 5.26 Å². The van der Waals surface area contributed by atoms with Gasteiger partial charge in [-0.05, 0) is 48.9 Å². The standard InChI is InChI=1S/C25H22N2S/c1-18-4-8-20(9-5-18)12-14-22-16-23(27-25(28-3)24(22)17-26)15-13-21-10-6-19(2)7-11-21/h4-16H,1-3H3/b14-12?,15-13+. The van der Waals surface area contributed by atoms with Crippen molar-refractivity contribution in [2.24, 2.45) is 0 Å². The Morgan fingerprint density at radius 3 is 1.86 bits per heavy atom. The van der Waals surface area contributed by atoms with E-state index < -0.39 is 0 Å². The number of thioether (sulfide) groups is 1. The number of nitriles is 1. The van der Waals surface area contributed by atoms with Gasteiger partial charge in [0, 0.05) is 0 Å². The van der Waals surface area contributed by atoms with Gasteiger partial charge in [0.1, 0.15) is 11.1 Å². The number of rotatable bonds is 5. The van der Waals surface area contributed by atoms with Crippen molar-refractivity contribution in [3.63, 3.8) is 0 Å². The van der Waals surface area contributed by atoms with E-state index in [0.29, 0.717) is 5.56 Å². The molecule has 3 aromatic rings. The molecule has 0 aliphatic rings. The molecular formula is C25H22N2S. The number of hydrogen-bond acceptors (Lipinski definition) is 3. The summed E-state index contributed by atoms with van der Waals surface area (Å²) in [5.41, 5.74) is 7.03. The molecule has 2 aromatic carbocycles. The number of hydrogen-bond donors (Lipinski definition) is 0. The number of aromatic nitrogens is 1. The average molecular weight is 383 g/mol. The van der Waals surface area contributed by atoms with Gasteiger partial charge in [-0.3, -0.25) is 0 Å². The summed E-state index contributed by atoms with van der Waals surface area (Å²) in [6.07, 6.45) is 10.0. The maximum atomic E-state index is 9.63. The summed E-state index contributed by atoms with van der Waals surface area (Å²) in [5, 5.41) is 10.4. The van der Waals surface area contributed by atoms with Crippen LogP contribution < -0.4 is 0 Å². The van der Waals surface area contributed by atoms with Gasteiger partial charge >= 0.3 is 0 Å². The van der Waals surface area contributed by atoms with Crippen molar-refractivity contribution in [2.75, 3.05) is 6.26 Å². The van der Waals surface area contributed by atoms with E-state index in [2.05, 4.69) is 73.4 Å². The molecule has 0 N–H and O–H groups in total. The van der Waals surface area contributed by atoms with Crippen LogP contribution in [0.5, 0.6) is 0 Å². The maximum Gasteiger partial charge on any atom is 0.115 e. The average Bonchev–Trinajstić information content (AvgIpc) is 2.72. The molecule has 2 nitrogen and oxygen atoms in total. The van der Waals surface area contributed by atoms with Gasteiger partial charge in [-0.1, -0.05) is 77.9 Å². The zero-order valence-corrected chi connectivity index (χ0v) is 17.1. The Hall–Kier alpha value is -3.09. The number of nitrogens with zero attached hydrogens (tertiary/aromatic N) is 2. The molecule has 0 unspecified atom stereocenters. The highest BCUT2D eigenvalue weighted by Gasteiger charge is 2.09. The Bertz CT molecular complexity index is 1050. The molecule has 138 valence electrons. The Balaban J connectivity index is 1.96. The summed E-state index contributed by atoms with van der Waals surface area (Å²) in [6.45, 7) is 4.15. The Labute approximate surface area is 171 Å². The fourth-order valence-electron chi connectivity index (χ4n) is 2.76. The van der Waals surface area contributed by atoms with E-state index in [0.717, 1.165) is 27.4 Å². The molecule has 1 aromatic heterocycles. The predicted molar refractivity (Wildman–Crippen MR) is 121 cm³/mol. The second-order valence-electron chi connectivity index (χ2n) is 6.62. The highest BCUT2D eigenvalue weighted by atomic mass is 32.2. The molecular weight excluding hydrogens is 360 g/mol. The molecule has 0 fully saturated rings. The van der Waals surface area contributed by atoms with Crippen LogP contribution in [-0.4, -0.2) is 11.2 Å². The molecule has 28 heavy (non-hydrogen) atoms. The second kappa shape index (κ2) is 9.21. The number of pyridine rings is 1. The largest absolute Gasteiger partial charge is 0.241 e. The highest BCUT2D eigenvalue weighted by molar-refractivity contribution is 7.98. The van der Waals surface area contributed by atoms with Crippen molar-refractivity contribution in [2.45, 2.75) is 18.9 Å². The molecule has 0 saturated carbocycles. The highest BCUT2D eigenvalue weighted by Crippen LogP contribution is 2.25. The molecule has 0 spiro atoms. The van der Waals surface area contributed by atoms with E-state index in [1.54, 1.807) is 0 Å². The third-order valence-electron chi connectivity index (χ3n) is 4.40. The zero-order valence-electron chi connectivity index (χ0n) is 16.3. The van der Waals surface area contributed by atoms with Crippen molar-refractivity contribution < 1.29 is 0 Å². The Kier molecular flexibility index (Phi) is 6.47. The van der Waals surface area contributed by atoms with E-state index in [1.807, 2.05) is 36.6 Å². The lowest BCUT2D eigenvalue weighted by atomic mass is 10.1. The van der Waals surface area contributed by atoms with Crippen LogP contribution in [0.2, 0.25) is 0 Å². The minimum absolute atomic E-state index is 0.614. The monoisotopic (exact) mass is 382 g/mol. The minimum Gasteiger partial charge on any atom is -0.241 e. The van der Waals surface area contributed by atoms with Crippen LogP contribution in [0.1, 0.15) is 39.1 Å². The van der Waals surface area contributed by atoms with Crippen LogP contribution in [0.3, 0.4) is 0 Å². The SMILES string of the molecule is CSc1nc(/C=C/c2ccc(C)cc2)cc(C=Cc2ccc(C)cc2)c1C#N. The van der Waals surface area contributed by atoms with Gasteiger partial charge in [-0.25, -0.2) is 4.98 Å². The van der Waals surface area contributed by atoms with Gasteiger partial charge in [0.2, 0.25) is 0 Å². The third-order valence-corrected chi connectivity index (χ3v) is 5.08. The number of benzene rings is 2. The lowest BCUT2D eigenvalue weighted by molar-refractivity contribution is 1.09. The predicted octanol–water partition coefficient (Wildman–Crippen LogP) is 6.63. The van der Waals surface area contributed by atoms with E-state index >= 15 is 0 Å². The Morgan fingerprint density at radius 2 is 1.36 bits per heavy atom. The van der Waals surface area contributed by atoms with Gasteiger partial charge in [0.05, 0.1) is 11.3 Å². The van der Waals surface area contributed by atoms with Gasteiger partial charge in [0.15, 0.2) is 0 Å². The molecule has 0 atom stereocenters. The summed E-state index contributed by atoms with van der Waals surface area (Å²) in [7, 11) is 0. The first-order valence-corrected chi connectivity index (χ1v) is 10.3. The summed E-state index contributed by atoms with van der Waals surface area (Å²) >= 11 is 1.49. The minimum atomic E-state index is 0.614. The first-order chi connectivity index (χ1) is 13.6. The fraction of sp³-hybridized carbons (Fsp3) is 0.120. The first-order valence-electron chi connectivity index (χ1n) is 9.07. The molecule has 0 saturated heterocycles. The fourth-order valence-corrected chi connectivity index (χ4v) is 3.32. The maximum absolute atomic E-state index is 9.63.